The third-order valence-corrected chi connectivity index (χ3v) is 4.97. The average molecular weight is 371 g/mol. The summed E-state index contributed by atoms with van der Waals surface area (Å²) in [5, 5.41) is 3.45. The van der Waals surface area contributed by atoms with E-state index in [2.05, 4.69) is 10.3 Å². The second-order valence-electron chi connectivity index (χ2n) is 7.10. The SMILES string of the molecule is NC(=O)c1ccc(Oc2ccc(CNCC3CCCCCC3)cc2F)nc1. The molecule has 6 heteroatoms. The van der Waals surface area contributed by atoms with Crippen LogP contribution < -0.4 is 15.8 Å². The van der Waals surface area contributed by atoms with Crippen LogP contribution in [0.1, 0.15) is 54.4 Å². The second kappa shape index (κ2) is 9.46. The molecular weight excluding hydrogens is 345 g/mol. The maximum atomic E-state index is 14.3. The molecule has 0 atom stereocenters. The molecule has 144 valence electrons. The summed E-state index contributed by atoms with van der Waals surface area (Å²) in [6.07, 6.45) is 9.22. The van der Waals surface area contributed by atoms with Gasteiger partial charge in [-0.3, -0.25) is 4.79 Å². The maximum absolute atomic E-state index is 14.3. The molecule has 1 heterocycles. The predicted octanol–water partition coefficient (Wildman–Crippen LogP) is 4.17. The molecule has 27 heavy (non-hydrogen) atoms. The van der Waals surface area contributed by atoms with E-state index in [-0.39, 0.29) is 17.2 Å². The molecule has 1 amide bonds. The Bertz CT molecular complexity index is 757. The highest BCUT2D eigenvalue weighted by molar-refractivity contribution is 5.92. The number of primary amides is 1. The van der Waals surface area contributed by atoms with Crippen LogP contribution in [0.5, 0.6) is 11.6 Å². The summed E-state index contributed by atoms with van der Waals surface area (Å²) < 4.78 is 19.8. The van der Waals surface area contributed by atoms with E-state index in [0.29, 0.717) is 6.54 Å². The van der Waals surface area contributed by atoms with E-state index >= 15 is 0 Å². The molecule has 1 aromatic carbocycles. The Morgan fingerprint density at radius 3 is 2.59 bits per heavy atom. The molecule has 0 spiro atoms. The minimum atomic E-state index is -0.569. The van der Waals surface area contributed by atoms with Crippen LogP contribution in [0.25, 0.3) is 0 Å². The van der Waals surface area contributed by atoms with Crippen LogP contribution in [-0.2, 0) is 6.54 Å². The number of rotatable bonds is 7. The van der Waals surface area contributed by atoms with E-state index in [1.165, 1.54) is 62.9 Å². The summed E-state index contributed by atoms with van der Waals surface area (Å²) in [5.41, 5.74) is 6.32. The van der Waals surface area contributed by atoms with Crippen molar-refractivity contribution in [3.8, 4) is 11.6 Å². The van der Waals surface area contributed by atoms with Gasteiger partial charge < -0.3 is 15.8 Å². The standard InChI is InChI=1S/C21H26FN3O2/c22-18-11-16(13-24-12-15-5-3-1-2-4-6-15)7-9-19(18)27-20-10-8-17(14-25-20)21(23)26/h7-11,14-15,24H,1-6,12-13H2,(H2,23,26). The van der Waals surface area contributed by atoms with Crippen molar-refractivity contribution < 1.29 is 13.9 Å². The van der Waals surface area contributed by atoms with Gasteiger partial charge in [-0.05, 0) is 49.1 Å². The fourth-order valence-electron chi connectivity index (χ4n) is 3.42. The average Bonchev–Trinajstić information content (AvgIpc) is 2.93. The molecule has 0 aliphatic heterocycles. The maximum Gasteiger partial charge on any atom is 0.250 e. The molecule has 1 aliphatic carbocycles. The smallest absolute Gasteiger partial charge is 0.250 e. The second-order valence-corrected chi connectivity index (χ2v) is 7.10. The molecule has 1 aliphatic rings. The Morgan fingerprint density at radius 2 is 1.96 bits per heavy atom. The number of nitrogens with zero attached hydrogens (tertiary/aromatic N) is 1. The van der Waals surface area contributed by atoms with Crippen LogP contribution in [0.4, 0.5) is 4.39 Å². The Balaban J connectivity index is 1.52. The monoisotopic (exact) mass is 371 g/mol. The number of pyridine rings is 1. The van der Waals surface area contributed by atoms with Crippen molar-refractivity contribution in [2.75, 3.05) is 6.54 Å². The molecule has 5 nitrogen and oxygen atoms in total. The fraction of sp³-hybridized carbons (Fsp3) is 0.429. The summed E-state index contributed by atoms with van der Waals surface area (Å²) in [5.74, 6) is 0.0276. The summed E-state index contributed by atoms with van der Waals surface area (Å²) in [6.45, 7) is 1.62. The zero-order valence-electron chi connectivity index (χ0n) is 15.4. The number of nitrogens with two attached hydrogens (primary N) is 1. The molecule has 0 radical (unpaired) electrons. The van der Waals surface area contributed by atoms with Crippen molar-refractivity contribution in [3.05, 3.63) is 53.5 Å². The van der Waals surface area contributed by atoms with Crippen LogP contribution >= 0.6 is 0 Å². The number of aromatic nitrogens is 1. The number of carbonyl (C=O) groups excluding carboxylic acids is 1. The van der Waals surface area contributed by atoms with Crippen LogP contribution in [0.15, 0.2) is 36.5 Å². The molecule has 1 fully saturated rings. The van der Waals surface area contributed by atoms with Crippen molar-refractivity contribution in [2.24, 2.45) is 11.7 Å². The van der Waals surface area contributed by atoms with E-state index in [0.717, 1.165) is 18.0 Å². The number of hydrogen-bond acceptors (Lipinski definition) is 4. The fourth-order valence-corrected chi connectivity index (χ4v) is 3.42. The van der Waals surface area contributed by atoms with Crippen molar-refractivity contribution in [1.82, 2.24) is 10.3 Å². The normalized spacial score (nSPS) is 15.3. The molecule has 1 aromatic heterocycles. The van der Waals surface area contributed by atoms with Gasteiger partial charge in [-0.15, -0.1) is 0 Å². The van der Waals surface area contributed by atoms with Gasteiger partial charge in [0, 0.05) is 18.8 Å². The summed E-state index contributed by atoms with van der Waals surface area (Å²) >= 11 is 0. The highest BCUT2D eigenvalue weighted by Gasteiger charge is 2.12. The van der Waals surface area contributed by atoms with Crippen LogP contribution in [0, 0.1) is 11.7 Å². The van der Waals surface area contributed by atoms with Crippen molar-refractivity contribution in [2.45, 2.75) is 45.1 Å². The van der Waals surface area contributed by atoms with Crippen LogP contribution in [-0.4, -0.2) is 17.4 Å². The summed E-state index contributed by atoms with van der Waals surface area (Å²) in [6, 6.07) is 7.90. The van der Waals surface area contributed by atoms with Gasteiger partial charge in [-0.2, -0.15) is 0 Å². The minimum absolute atomic E-state index is 0.0989. The van der Waals surface area contributed by atoms with E-state index in [1.54, 1.807) is 6.07 Å². The first-order valence-corrected chi connectivity index (χ1v) is 9.54. The van der Waals surface area contributed by atoms with Gasteiger partial charge in [-0.1, -0.05) is 31.7 Å². The van der Waals surface area contributed by atoms with Crippen molar-refractivity contribution in [3.63, 3.8) is 0 Å². The van der Waals surface area contributed by atoms with E-state index in [4.69, 9.17) is 10.5 Å². The Labute approximate surface area is 159 Å². The van der Waals surface area contributed by atoms with Gasteiger partial charge >= 0.3 is 0 Å². The number of hydrogen-bond donors (Lipinski definition) is 2. The lowest BCUT2D eigenvalue weighted by Crippen LogP contribution is -2.22. The van der Waals surface area contributed by atoms with Gasteiger partial charge in [0.1, 0.15) is 0 Å². The van der Waals surface area contributed by atoms with Crippen molar-refractivity contribution >= 4 is 5.91 Å². The zero-order chi connectivity index (χ0) is 19.1. The molecular formula is C21H26FN3O2. The predicted molar refractivity (Wildman–Crippen MR) is 102 cm³/mol. The molecule has 1 saturated carbocycles. The van der Waals surface area contributed by atoms with Crippen molar-refractivity contribution in [1.29, 1.82) is 0 Å². The van der Waals surface area contributed by atoms with E-state index < -0.39 is 11.7 Å². The lowest BCUT2D eigenvalue weighted by Gasteiger charge is -2.15. The largest absolute Gasteiger partial charge is 0.436 e. The summed E-state index contributed by atoms with van der Waals surface area (Å²) in [4.78, 5) is 15.0. The number of carbonyl (C=O) groups is 1. The summed E-state index contributed by atoms with van der Waals surface area (Å²) in [7, 11) is 0. The lowest BCUT2D eigenvalue weighted by atomic mass is 10.0. The highest BCUT2D eigenvalue weighted by Crippen LogP contribution is 2.25. The van der Waals surface area contributed by atoms with Gasteiger partial charge in [-0.25, -0.2) is 9.37 Å². The van der Waals surface area contributed by atoms with Gasteiger partial charge in [0.15, 0.2) is 11.6 Å². The zero-order valence-corrected chi connectivity index (χ0v) is 15.4. The van der Waals surface area contributed by atoms with Gasteiger partial charge in [0.05, 0.1) is 5.56 Å². The first kappa shape index (κ1) is 19.3. The Morgan fingerprint density at radius 1 is 1.19 bits per heavy atom. The number of nitrogens with one attached hydrogen (secondary N) is 1. The van der Waals surface area contributed by atoms with E-state index in [9.17, 15) is 9.18 Å². The van der Waals surface area contributed by atoms with Crippen LogP contribution in [0.3, 0.4) is 0 Å². The molecule has 2 aromatic rings. The van der Waals surface area contributed by atoms with E-state index in [1.807, 2.05) is 6.07 Å². The van der Waals surface area contributed by atoms with Gasteiger partial charge in [0.2, 0.25) is 11.8 Å². The number of amides is 1. The molecule has 3 rings (SSSR count). The molecule has 0 bridgehead atoms. The van der Waals surface area contributed by atoms with Gasteiger partial charge in [0.25, 0.3) is 0 Å². The lowest BCUT2D eigenvalue weighted by molar-refractivity contribution is 0.1000. The Hall–Kier alpha value is -2.47. The molecule has 3 N–H and O–H groups in total. The third-order valence-electron chi connectivity index (χ3n) is 4.97. The van der Waals surface area contributed by atoms with Crippen LogP contribution in [0.2, 0.25) is 0 Å². The number of benzene rings is 1. The highest BCUT2D eigenvalue weighted by atomic mass is 19.1. The number of halogens is 1. The molecule has 0 unspecified atom stereocenters. The third kappa shape index (κ3) is 5.76. The first-order valence-electron chi connectivity index (χ1n) is 9.54. The first-order chi connectivity index (χ1) is 13.1. The molecule has 0 saturated heterocycles. The number of ether oxygens (including phenoxy) is 1. The minimum Gasteiger partial charge on any atom is -0.436 e. The quantitative estimate of drug-likeness (QED) is 0.716. The topological polar surface area (TPSA) is 77.2 Å². The Kier molecular flexibility index (Phi) is 6.76.